The Morgan fingerprint density at radius 3 is 2.61 bits per heavy atom. The molecule has 0 amide bonds. The third kappa shape index (κ3) is 4.51. The van der Waals surface area contributed by atoms with Crippen molar-refractivity contribution in [3.8, 4) is 0 Å². The van der Waals surface area contributed by atoms with Crippen LogP contribution in [0.4, 0.5) is 0 Å². The van der Waals surface area contributed by atoms with Crippen molar-refractivity contribution in [1.29, 1.82) is 0 Å². The first-order chi connectivity index (χ1) is 8.54. The van der Waals surface area contributed by atoms with Gasteiger partial charge in [0.25, 0.3) is 0 Å². The van der Waals surface area contributed by atoms with Crippen molar-refractivity contribution in [2.45, 2.75) is 19.9 Å². The molecule has 0 bridgehead atoms. The Bertz CT molecular complexity index is 414. The zero-order valence-corrected chi connectivity index (χ0v) is 11.5. The Hall–Kier alpha value is -1.32. The summed E-state index contributed by atoms with van der Waals surface area (Å²) >= 11 is 5.82. The van der Waals surface area contributed by atoms with Crippen molar-refractivity contribution >= 4 is 17.6 Å². The van der Waals surface area contributed by atoms with E-state index in [1.165, 1.54) is 0 Å². The predicted octanol–water partition coefficient (Wildman–Crippen LogP) is 3.11. The van der Waals surface area contributed by atoms with E-state index in [1.807, 2.05) is 31.2 Å². The normalized spacial score (nSPS) is 11.9. The van der Waals surface area contributed by atoms with Gasteiger partial charge in [-0.15, -0.1) is 0 Å². The Morgan fingerprint density at radius 1 is 1.44 bits per heavy atom. The minimum Gasteiger partial charge on any atom is -0.463 e. The van der Waals surface area contributed by atoms with Gasteiger partial charge < -0.3 is 10.1 Å². The predicted molar refractivity (Wildman–Crippen MR) is 73.6 cm³/mol. The highest BCUT2D eigenvalue weighted by atomic mass is 35.5. The van der Waals surface area contributed by atoms with Crippen LogP contribution in [0.25, 0.3) is 0 Å². The summed E-state index contributed by atoms with van der Waals surface area (Å²) in [6, 6.07) is 7.71. The van der Waals surface area contributed by atoms with E-state index < -0.39 is 0 Å². The lowest BCUT2D eigenvalue weighted by molar-refractivity contribution is -0.138. The van der Waals surface area contributed by atoms with E-state index in [0.717, 1.165) is 5.56 Å². The van der Waals surface area contributed by atoms with Crippen LogP contribution in [0.15, 0.2) is 36.4 Å². The van der Waals surface area contributed by atoms with Crippen LogP contribution >= 0.6 is 11.6 Å². The lowest BCUT2D eigenvalue weighted by Crippen LogP contribution is -2.24. The first-order valence-electron chi connectivity index (χ1n) is 5.88. The van der Waals surface area contributed by atoms with Crippen LogP contribution in [0.2, 0.25) is 5.02 Å². The van der Waals surface area contributed by atoms with Gasteiger partial charge in [0.1, 0.15) is 0 Å². The Morgan fingerprint density at radius 2 is 2.06 bits per heavy atom. The summed E-state index contributed by atoms with van der Waals surface area (Å²) in [7, 11) is 0. The number of carbonyl (C=O) groups excluding carboxylic acids is 1. The number of carbonyl (C=O) groups is 1. The molecule has 4 heteroatoms. The summed E-state index contributed by atoms with van der Waals surface area (Å²) in [5.74, 6) is -0.353. The topological polar surface area (TPSA) is 38.3 Å². The second-order valence-electron chi connectivity index (χ2n) is 3.98. The van der Waals surface area contributed by atoms with Gasteiger partial charge in [-0.25, -0.2) is 4.79 Å². The molecule has 0 saturated carbocycles. The fourth-order valence-electron chi connectivity index (χ4n) is 1.45. The van der Waals surface area contributed by atoms with E-state index in [4.69, 9.17) is 16.3 Å². The van der Waals surface area contributed by atoms with Gasteiger partial charge in [0.15, 0.2) is 0 Å². The third-order valence-electron chi connectivity index (χ3n) is 2.56. The van der Waals surface area contributed by atoms with Crippen molar-refractivity contribution in [3.63, 3.8) is 0 Å². The molecule has 0 heterocycles. The largest absolute Gasteiger partial charge is 0.463 e. The van der Waals surface area contributed by atoms with Gasteiger partial charge in [0.05, 0.1) is 6.61 Å². The maximum absolute atomic E-state index is 11.4. The summed E-state index contributed by atoms with van der Waals surface area (Å²) in [4.78, 5) is 11.4. The van der Waals surface area contributed by atoms with Gasteiger partial charge in [0.2, 0.25) is 0 Å². The number of halogens is 1. The van der Waals surface area contributed by atoms with Gasteiger partial charge in [-0.3, -0.25) is 0 Å². The molecule has 1 N–H and O–H groups in total. The quantitative estimate of drug-likeness (QED) is 0.636. The van der Waals surface area contributed by atoms with Crippen LogP contribution in [0.3, 0.4) is 0 Å². The second-order valence-corrected chi connectivity index (χ2v) is 4.41. The summed E-state index contributed by atoms with van der Waals surface area (Å²) in [5.41, 5.74) is 1.54. The molecule has 0 saturated heterocycles. The standard InChI is InChI=1S/C14H18ClNO2/c1-4-18-14(17)10(2)9-16-11(3)12-5-7-13(15)8-6-12/h5-8,11,16H,2,4,9H2,1,3H3/t11-/m1/s1. The van der Waals surface area contributed by atoms with Crippen molar-refractivity contribution in [1.82, 2.24) is 5.32 Å². The second kappa shape index (κ2) is 7.19. The molecule has 0 aliphatic carbocycles. The van der Waals surface area contributed by atoms with Crippen LogP contribution in [-0.4, -0.2) is 19.1 Å². The number of esters is 1. The highest BCUT2D eigenvalue weighted by Crippen LogP contribution is 2.16. The molecule has 0 fully saturated rings. The van der Waals surface area contributed by atoms with E-state index in [2.05, 4.69) is 11.9 Å². The first-order valence-corrected chi connectivity index (χ1v) is 6.26. The van der Waals surface area contributed by atoms with Crippen LogP contribution in [-0.2, 0) is 9.53 Å². The number of rotatable bonds is 6. The summed E-state index contributed by atoms with van der Waals surface area (Å²) in [5, 5.41) is 3.92. The number of hydrogen-bond donors (Lipinski definition) is 1. The van der Waals surface area contributed by atoms with Gasteiger partial charge in [0, 0.05) is 23.2 Å². The van der Waals surface area contributed by atoms with Crippen LogP contribution in [0.5, 0.6) is 0 Å². The molecule has 0 aliphatic heterocycles. The smallest absolute Gasteiger partial charge is 0.334 e. The molecule has 0 spiro atoms. The molecule has 3 nitrogen and oxygen atoms in total. The lowest BCUT2D eigenvalue weighted by Gasteiger charge is -2.15. The molecule has 0 aliphatic rings. The van der Waals surface area contributed by atoms with E-state index in [0.29, 0.717) is 23.7 Å². The fraction of sp³-hybridized carbons (Fsp3) is 0.357. The molecule has 18 heavy (non-hydrogen) atoms. The van der Waals surface area contributed by atoms with Crippen LogP contribution in [0, 0.1) is 0 Å². The van der Waals surface area contributed by atoms with Gasteiger partial charge in [-0.2, -0.15) is 0 Å². The Balaban J connectivity index is 2.46. The fourth-order valence-corrected chi connectivity index (χ4v) is 1.58. The minimum absolute atomic E-state index is 0.119. The summed E-state index contributed by atoms with van der Waals surface area (Å²) < 4.78 is 4.86. The molecule has 1 aromatic carbocycles. The van der Waals surface area contributed by atoms with Crippen LogP contribution < -0.4 is 5.32 Å². The van der Waals surface area contributed by atoms with Crippen molar-refractivity contribution in [3.05, 3.63) is 47.0 Å². The van der Waals surface area contributed by atoms with Gasteiger partial charge in [-0.1, -0.05) is 30.3 Å². The maximum atomic E-state index is 11.4. The molecule has 98 valence electrons. The monoisotopic (exact) mass is 267 g/mol. The number of benzene rings is 1. The van der Waals surface area contributed by atoms with Crippen molar-refractivity contribution < 1.29 is 9.53 Å². The summed E-state index contributed by atoms with van der Waals surface area (Å²) in [6.45, 7) is 8.25. The molecule has 1 aromatic rings. The molecular weight excluding hydrogens is 250 g/mol. The van der Waals surface area contributed by atoms with Crippen LogP contribution in [0.1, 0.15) is 25.5 Å². The Kier molecular flexibility index (Phi) is 5.89. The van der Waals surface area contributed by atoms with E-state index in [-0.39, 0.29) is 12.0 Å². The number of hydrogen-bond acceptors (Lipinski definition) is 3. The zero-order chi connectivity index (χ0) is 13.5. The van der Waals surface area contributed by atoms with Crippen molar-refractivity contribution in [2.24, 2.45) is 0 Å². The lowest BCUT2D eigenvalue weighted by atomic mass is 10.1. The van der Waals surface area contributed by atoms with Crippen molar-refractivity contribution in [2.75, 3.05) is 13.2 Å². The molecule has 1 rings (SSSR count). The average molecular weight is 268 g/mol. The minimum atomic E-state index is -0.353. The van der Waals surface area contributed by atoms with Gasteiger partial charge in [-0.05, 0) is 31.5 Å². The highest BCUT2D eigenvalue weighted by molar-refractivity contribution is 6.30. The SMILES string of the molecule is C=C(CN[C@H](C)c1ccc(Cl)cc1)C(=O)OCC. The first kappa shape index (κ1) is 14.7. The molecule has 1 atom stereocenters. The Labute approximate surface area is 113 Å². The highest BCUT2D eigenvalue weighted by Gasteiger charge is 2.10. The zero-order valence-electron chi connectivity index (χ0n) is 10.7. The van der Waals surface area contributed by atoms with E-state index in [9.17, 15) is 4.79 Å². The molecular formula is C14H18ClNO2. The molecule has 0 unspecified atom stereocenters. The number of nitrogens with one attached hydrogen (secondary N) is 1. The molecule has 0 radical (unpaired) electrons. The summed E-state index contributed by atoms with van der Waals surface area (Å²) in [6.07, 6.45) is 0. The number of ether oxygens (including phenoxy) is 1. The average Bonchev–Trinajstić information content (AvgIpc) is 2.36. The van der Waals surface area contributed by atoms with E-state index >= 15 is 0 Å². The van der Waals surface area contributed by atoms with Gasteiger partial charge >= 0.3 is 5.97 Å². The maximum Gasteiger partial charge on any atom is 0.334 e. The van der Waals surface area contributed by atoms with E-state index in [1.54, 1.807) is 6.92 Å². The molecule has 0 aromatic heterocycles. The third-order valence-corrected chi connectivity index (χ3v) is 2.81.